The topological polar surface area (TPSA) is 71.0 Å². The second-order valence-corrected chi connectivity index (χ2v) is 6.43. The Labute approximate surface area is 158 Å². The summed E-state index contributed by atoms with van der Waals surface area (Å²) in [4.78, 5) is 24.6. The summed E-state index contributed by atoms with van der Waals surface area (Å²) in [6, 6.07) is 17.1. The number of nitrogens with one attached hydrogen (secondary N) is 1. The quantitative estimate of drug-likeness (QED) is 0.856. The predicted octanol–water partition coefficient (Wildman–Crippen LogP) is 2.90. The van der Waals surface area contributed by atoms with Gasteiger partial charge in [0.1, 0.15) is 12.3 Å². The summed E-state index contributed by atoms with van der Waals surface area (Å²) >= 11 is 0. The van der Waals surface area contributed by atoms with Gasteiger partial charge in [-0.25, -0.2) is 5.01 Å². The van der Waals surface area contributed by atoms with Crippen LogP contribution in [-0.2, 0) is 9.59 Å². The fourth-order valence-electron chi connectivity index (χ4n) is 2.96. The SMILES string of the molecule is COc1ccc(C2=NN(CC(=O)N[C@@H](C)c3ccccc3)C(=O)CC2)cc1. The van der Waals surface area contributed by atoms with Gasteiger partial charge in [0, 0.05) is 12.8 Å². The number of amides is 2. The highest BCUT2D eigenvalue weighted by molar-refractivity contribution is 6.04. The summed E-state index contributed by atoms with van der Waals surface area (Å²) in [7, 11) is 1.61. The van der Waals surface area contributed by atoms with Crippen LogP contribution in [0.1, 0.15) is 36.9 Å². The molecule has 1 N–H and O–H groups in total. The van der Waals surface area contributed by atoms with E-state index in [1.165, 1.54) is 5.01 Å². The van der Waals surface area contributed by atoms with E-state index in [0.717, 1.165) is 22.6 Å². The van der Waals surface area contributed by atoms with E-state index in [2.05, 4.69) is 10.4 Å². The molecular weight excluding hydrogens is 342 g/mol. The Bertz CT molecular complexity index is 832. The second kappa shape index (κ2) is 8.49. The lowest BCUT2D eigenvalue weighted by molar-refractivity contribution is -0.136. The van der Waals surface area contributed by atoms with Crippen molar-refractivity contribution in [2.75, 3.05) is 13.7 Å². The molecule has 2 aromatic carbocycles. The van der Waals surface area contributed by atoms with Crippen LogP contribution in [0, 0.1) is 0 Å². The molecule has 0 aliphatic carbocycles. The maximum absolute atomic E-state index is 12.4. The molecule has 6 nitrogen and oxygen atoms in total. The average molecular weight is 365 g/mol. The molecule has 2 amide bonds. The number of hydrazone groups is 1. The van der Waals surface area contributed by atoms with E-state index in [4.69, 9.17) is 4.74 Å². The highest BCUT2D eigenvalue weighted by Crippen LogP contribution is 2.18. The van der Waals surface area contributed by atoms with E-state index in [0.29, 0.717) is 12.8 Å². The van der Waals surface area contributed by atoms with Crippen molar-refractivity contribution in [3.05, 3.63) is 65.7 Å². The van der Waals surface area contributed by atoms with Crippen molar-refractivity contribution < 1.29 is 14.3 Å². The number of hydrogen-bond donors (Lipinski definition) is 1. The normalized spacial score (nSPS) is 15.1. The van der Waals surface area contributed by atoms with Crippen LogP contribution in [-0.4, -0.2) is 36.2 Å². The first-order valence-electron chi connectivity index (χ1n) is 8.93. The highest BCUT2D eigenvalue weighted by atomic mass is 16.5. The molecule has 0 unspecified atom stereocenters. The van der Waals surface area contributed by atoms with Gasteiger partial charge in [0.25, 0.3) is 0 Å². The fraction of sp³-hybridized carbons (Fsp3) is 0.286. The van der Waals surface area contributed by atoms with E-state index in [-0.39, 0.29) is 24.4 Å². The molecule has 0 saturated heterocycles. The molecule has 0 fully saturated rings. The van der Waals surface area contributed by atoms with Crippen molar-refractivity contribution in [2.24, 2.45) is 5.10 Å². The molecule has 1 aliphatic rings. The summed E-state index contributed by atoms with van der Waals surface area (Å²) in [6.07, 6.45) is 0.899. The number of benzene rings is 2. The zero-order valence-corrected chi connectivity index (χ0v) is 15.5. The van der Waals surface area contributed by atoms with Crippen LogP contribution in [0.25, 0.3) is 0 Å². The van der Waals surface area contributed by atoms with Crippen molar-refractivity contribution in [1.82, 2.24) is 10.3 Å². The van der Waals surface area contributed by atoms with E-state index >= 15 is 0 Å². The number of nitrogens with zero attached hydrogens (tertiary/aromatic N) is 2. The van der Waals surface area contributed by atoms with Gasteiger partial charge in [-0.15, -0.1) is 0 Å². The molecule has 2 aromatic rings. The van der Waals surface area contributed by atoms with Crippen LogP contribution in [0.3, 0.4) is 0 Å². The molecule has 1 atom stereocenters. The van der Waals surface area contributed by atoms with Crippen LogP contribution < -0.4 is 10.1 Å². The monoisotopic (exact) mass is 365 g/mol. The molecule has 0 aromatic heterocycles. The largest absolute Gasteiger partial charge is 0.497 e. The van der Waals surface area contributed by atoms with Gasteiger partial charge in [-0.2, -0.15) is 5.10 Å². The van der Waals surface area contributed by atoms with Crippen LogP contribution >= 0.6 is 0 Å². The van der Waals surface area contributed by atoms with E-state index in [9.17, 15) is 9.59 Å². The van der Waals surface area contributed by atoms with E-state index < -0.39 is 0 Å². The van der Waals surface area contributed by atoms with E-state index in [1.54, 1.807) is 7.11 Å². The Morgan fingerprint density at radius 1 is 1.15 bits per heavy atom. The number of hydrogen-bond acceptors (Lipinski definition) is 4. The van der Waals surface area contributed by atoms with Crippen molar-refractivity contribution >= 4 is 17.5 Å². The summed E-state index contributed by atoms with van der Waals surface area (Å²) in [5, 5.41) is 8.58. The van der Waals surface area contributed by atoms with Gasteiger partial charge in [-0.05, 0) is 42.3 Å². The van der Waals surface area contributed by atoms with Gasteiger partial charge in [0.2, 0.25) is 11.8 Å². The van der Waals surface area contributed by atoms with Gasteiger partial charge in [0.05, 0.1) is 18.9 Å². The zero-order chi connectivity index (χ0) is 19.2. The lowest BCUT2D eigenvalue weighted by Gasteiger charge is -2.24. The number of ether oxygens (including phenoxy) is 1. The Morgan fingerprint density at radius 3 is 2.52 bits per heavy atom. The second-order valence-electron chi connectivity index (χ2n) is 6.43. The molecular formula is C21H23N3O3. The lowest BCUT2D eigenvalue weighted by atomic mass is 10.0. The van der Waals surface area contributed by atoms with Gasteiger partial charge in [-0.3, -0.25) is 9.59 Å². The Morgan fingerprint density at radius 2 is 1.85 bits per heavy atom. The zero-order valence-electron chi connectivity index (χ0n) is 15.5. The number of methoxy groups -OCH3 is 1. The van der Waals surface area contributed by atoms with Crippen LogP contribution in [0.5, 0.6) is 5.75 Å². The number of carbonyl (C=O) groups is 2. The van der Waals surface area contributed by atoms with Gasteiger partial charge in [-0.1, -0.05) is 30.3 Å². The molecule has 27 heavy (non-hydrogen) atoms. The predicted molar refractivity (Wildman–Crippen MR) is 103 cm³/mol. The smallest absolute Gasteiger partial charge is 0.243 e. The van der Waals surface area contributed by atoms with E-state index in [1.807, 2.05) is 61.5 Å². The fourth-order valence-corrected chi connectivity index (χ4v) is 2.96. The highest BCUT2D eigenvalue weighted by Gasteiger charge is 2.24. The van der Waals surface area contributed by atoms with Crippen molar-refractivity contribution in [1.29, 1.82) is 0 Å². The molecule has 0 saturated carbocycles. The van der Waals surface area contributed by atoms with Gasteiger partial charge >= 0.3 is 0 Å². The molecule has 6 heteroatoms. The maximum Gasteiger partial charge on any atom is 0.243 e. The minimum Gasteiger partial charge on any atom is -0.497 e. The minimum absolute atomic E-state index is 0.0876. The third kappa shape index (κ3) is 4.73. The van der Waals surface area contributed by atoms with Gasteiger partial charge < -0.3 is 10.1 Å². The van der Waals surface area contributed by atoms with Crippen molar-refractivity contribution in [2.45, 2.75) is 25.8 Å². The summed E-state index contributed by atoms with van der Waals surface area (Å²) in [5.74, 6) is 0.381. The molecule has 0 radical (unpaired) electrons. The summed E-state index contributed by atoms with van der Waals surface area (Å²) in [6.45, 7) is 1.83. The number of carbonyl (C=O) groups excluding carboxylic acids is 2. The molecule has 0 spiro atoms. The molecule has 1 aliphatic heterocycles. The maximum atomic E-state index is 12.4. The lowest BCUT2D eigenvalue weighted by Crippen LogP contribution is -2.41. The first-order chi connectivity index (χ1) is 13.1. The minimum atomic E-state index is -0.237. The summed E-state index contributed by atoms with van der Waals surface area (Å²) in [5.41, 5.74) is 2.73. The molecule has 0 bridgehead atoms. The first-order valence-corrected chi connectivity index (χ1v) is 8.93. The summed E-state index contributed by atoms with van der Waals surface area (Å²) < 4.78 is 5.16. The number of rotatable bonds is 6. The van der Waals surface area contributed by atoms with Crippen molar-refractivity contribution in [3.63, 3.8) is 0 Å². The first kappa shape index (κ1) is 18.6. The molecule has 1 heterocycles. The van der Waals surface area contributed by atoms with Crippen molar-refractivity contribution in [3.8, 4) is 5.75 Å². The standard InChI is InChI=1S/C21H23N3O3/c1-15(16-6-4-3-5-7-16)22-20(25)14-24-21(26)13-12-19(23-24)17-8-10-18(27-2)11-9-17/h3-11,15H,12-14H2,1-2H3,(H,22,25)/t15-/m0/s1. The Hall–Kier alpha value is -3.15. The van der Waals surface area contributed by atoms with Gasteiger partial charge in [0.15, 0.2) is 0 Å². The van der Waals surface area contributed by atoms with Crippen LogP contribution in [0.4, 0.5) is 0 Å². The average Bonchev–Trinajstić information content (AvgIpc) is 2.70. The Balaban J connectivity index is 1.67. The third-order valence-electron chi connectivity index (χ3n) is 4.50. The molecule has 3 rings (SSSR count). The van der Waals surface area contributed by atoms with Crippen LogP contribution in [0.15, 0.2) is 59.7 Å². The van der Waals surface area contributed by atoms with Crippen LogP contribution in [0.2, 0.25) is 0 Å². The Kier molecular flexibility index (Phi) is 5.86. The third-order valence-corrected chi connectivity index (χ3v) is 4.50. The molecule has 140 valence electrons.